The summed E-state index contributed by atoms with van der Waals surface area (Å²) in [5.74, 6) is -1.11. The van der Waals surface area contributed by atoms with Crippen molar-refractivity contribution in [3.8, 4) is 0 Å². The zero-order valence-electron chi connectivity index (χ0n) is 10.7. The number of imide groups is 1. The fourth-order valence-electron chi connectivity index (χ4n) is 2.19. The van der Waals surface area contributed by atoms with Crippen LogP contribution in [0.25, 0.3) is 0 Å². The van der Waals surface area contributed by atoms with Crippen LogP contribution in [0.1, 0.15) is 24.8 Å². The average molecular weight is 263 g/mol. The monoisotopic (exact) mass is 263 g/mol. The van der Waals surface area contributed by atoms with E-state index < -0.39 is 18.1 Å². The third-order valence-electron chi connectivity index (χ3n) is 3.29. The van der Waals surface area contributed by atoms with Crippen LogP contribution in [-0.4, -0.2) is 45.7 Å². The third-order valence-corrected chi connectivity index (χ3v) is 3.29. The SMILES string of the molecule is CC(O)(CO)CN1C(=O)CC(c2ccccc2)C1=O. The lowest BCUT2D eigenvalue weighted by molar-refractivity contribution is -0.143. The van der Waals surface area contributed by atoms with Crippen LogP contribution in [0.5, 0.6) is 0 Å². The van der Waals surface area contributed by atoms with Crippen molar-refractivity contribution < 1.29 is 19.8 Å². The van der Waals surface area contributed by atoms with Gasteiger partial charge < -0.3 is 10.2 Å². The number of hydrogen-bond donors (Lipinski definition) is 2. The Hall–Kier alpha value is -1.72. The fraction of sp³-hybridized carbons (Fsp3) is 0.429. The van der Waals surface area contributed by atoms with Crippen molar-refractivity contribution in [3.05, 3.63) is 35.9 Å². The largest absolute Gasteiger partial charge is 0.393 e. The molecule has 19 heavy (non-hydrogen) atoms. The molecule has 102 valence electrons. The standard InChI is InChI=1S/C14H17NO4/c1-14(19,9-16)8-15-12(17)7-11(13(15)18)10-5-3-2-4-6-10/h2-6,11,16,19H,7-9H2,1H3. The molecule has 5 nitrogen and oxygen atoms in total. The van der Waals surface area contributed by atoms with Gasteiger partial charge in [-0.25, -0.2) is 0 Å². The number of likely N-dealkylation sites (tertiary alicyclic amines) is 1. The average Bonchev–Trinajstić information content (AvgIpc) is 2.67. The molecule has 1 saturated heterocycles. The van der Waals surface area contributed by atoms with Crippen molar-refractivity contribution in [2.24, 2.45) is 0 Å². The normalized spacial score (nSPS) is 22.7. The van der Waals surface area contributed by atoms with Crippen molar-refractivity contribution >= 4 is 11.8 Å². The smallest absolute Gasteiger partial charge is 0.237 e. The summed E-state index contributed by atoms with van der Waals surface area (Å²) in [6.45, 7) is 0.716. The minimum absolute atomic E-state index is 0.115. The van der Waals surface area contributed by atoms with E-state index in [0.717, 1.165) is 10.5 Å². The van der Waals surface area contributed by atoms with Crippen LogP contribution in [0.4, 0.5) is 0 Å². The van der Waals surface area contributed by atoms with Crippen LogP contribution in [0, 0.1) is 0 Å². The lowest BCUT2D eigenvalue weighted by atomic mass is 9.98. The molecule has 2 rings (SSSR count). The van der Waals surface area contributed by atoms with Crippen molar-refractivity contribution in [1.82, 2.24) is 4.90 Å². The van der Waals surface area contributed by atoms with Gasteiger partial charge in [0.05, 0.1) is 19.1 Å². The maximum Gasteiger partial charge on any atom is 0.237 e. The van der Waals surface area contributed by atoms with Gasteiger partial charge in [0.25, 0.3) is 0 Å². The van der Waals surface area contributed by atoms with Crippen molar-refractivity contribution in [1.29, 1.82) is 0 Å². The molecule has 0 radical (unpaired) electrons. The molecule has 2 N–H and O–H groups in total. The van der Waals surface area contributed by atoms with E-state index in [-0.39, 0.29) is 24.8 Å². The van der Waals surface area contributed by atoms with Crippen molar-refractivity contribution in [2.45, 2.75) is 24.9 Å². The molecular weight excluding hydrogens is 246 g/mol. The van der Waals surface area contributed by atoms with Crippen LogP contribution >= 0.6 is 0 Å². The first-order valence-electron chi connectivity index (χ1n) is 6.17. The Bertz CT molecular complexity index is 483. The number of rotatable bonds is 4. The fourth-order valence-corrected chi connectivity index (χ4v) is 2.19. The Morgan fingerprint density at radius 2 is 1.95 bits per heavy atom. The molecule has 0 aromatic heterocycles. The molecule has 1 fully saturated rings. The minimum atomic E-state index is -1.46. The number of nitrogens with zero attached hydrogens (tertiary/aromatic N) is 1. The molecule has 1 heterocycles. The maximum atomic E-state index is 12.2. The molecule has 0 bridgehead atoms. The number of benzene rings is 1. The van der Waals surface area contributed by atoms with Crippen molar-refractivity contribution in [3.63, 3.8) is 0 Å². The molecule has 2 amide bonds. The Balaban J connectivity index is 2.18. The van der Waals surface area contributed by atoms with E-state index in [9.17, 15) is 14.7 Å². The minimum Gasteiger partial charge on any atom is -0.393 e. The zero-order chi connectivity index (χ0) is 14.0. The molecule has 2 unspecified atom stereocenters. The van der Waals surface area contributed by atoms with E-state index in [1.54, 1.807) is 0 Å². The molecule has 5 heteroatoms. The van der Waals surface area contributed by atoms with Gasteiger partial charge in [0.15, 0.2) is 0 Å². The number of amides is 2. The van der Waals surface area contributed by atoms with Gasteiger partial charge in [-0.05, 0) is 12.5 Å². The van der Waals surface area contributed by atoms with Crippen molar-refractivity contribution in [2.75, 3.05) is 13.2 Å². The molecule has 2 atom stereocenters. The Morgan fingerprint density at radius 1 is 1.32 bits per heavy atom. The second kappa shape index (κ2) is 5.11. The van der Waals surface area contributed by atoms with Gasteiger partial charge in [0, 0.05) is 6.42 Å². The quantitative estimate of drug-likeness (QED) is 0.764. The first-order valence-corrected chi connectivity index (χ1v) is 6.17. The topological polar surface area (TPSA) is 77.8 Å². The van der Waals surface area contributed by atoms with E-state index in [4.69, 9.17) is 5.11 Å². The highest BCUT2D eigenvalue weighted by molar-refractivity contribution is 6.06. The van der Waals surface area contributed by atoms with Crippen LogP contribution in [-0.2, 0) is 9.59 Å². The molecule has 0 aliphatic carbocycles. The van der Waals surface area contributed by atoms with Gasteiger partial charge in [-0.3, -0.25) is 14.5 Å². The van der Waals surface area contributed by atoms with Gasteiger partial charge >= 0.3 is 0 Å². The van der Waals surface area contributed by atoms with Gasteiger partial charge in [-0.2, -0.15) is 0 Å². The Kier molecular flexibility index (Phi) is 3.68. The first kappa shape index (κ1) is 13.7. The first-order chi connectivity index (χ1) is 8.94. The second-order valence-corrected chi connectivity index (χ2v) is 5.14. The van der Waals surface area contributed by atoms with Gasteiger partial charge in [-0.1, -0.05) is 30.3 Å². The number of hydrogen-bond acceptors (Lipinski definition) is 4. The number of aliphatic hydroxyl groups excluding tert-OH is 1. The Morgan fingerprint density at radius 3 is 2.53 bits per heavy atom. The van der Waals surface area contributed by atoms with Gasteiger partial charge in [-0.15, -0.1) is 0 Å². The molecule has 1 aromatic rings. The van der Waals surface area contributed by atoms with Crippen LogP contribution in [0.15, 0.2) is 30.3 Å². The molecule has 0 spiro atoms. The highest BCUT2D eigenvalue weighted by Crippen LogP contribution is 2.30. The summed E-state index contributed by atoms with van der Waals surface area (Å²) in [6, 6.07) is 9.10. The lowest BCUT2D eigenvalue weighted by Crippen LogP contribution is -2.46. The Labute approximate surface area is 111 Å². The number of carbonyl (C=O) groups excluding carboxylic acids is 2. The number of aliphatic hydroxyl groups is 2. The zero-order valence-corrected chi connectivity index (χ0v) is 10.7. The van der Waals surface area contributed by atoms with E-state index in [1.807, 2.05) is 30.3 Å². The highest BCUT2D eigenvalue weighted by atomic mass is 16.3. The summed E-state index contributed by atoms with van der Waals surface area (Å²) in [7, 11) is 0. The summed E-state index contributed by atoms with van der Waals surface area (Å²) in [6.07, 6.45) is 0.115. The van der Waals surface area contributed by atoms with Crippen LogP contribution in [0.2, 0.25) is 0 Å². The molecule has 0 saturated carbocycles. The molecule has 1 aliphatic rings. The van der Waals surface area contributed by atoms with Gasteiger partial charge in [0.2, 0.25) is 11.8 Å². The summed E-state index contributed by atoms with van der Waals surface area (Å²) in [5.41, 5.74) is -0.663. The molecule has 1 aromatic carbocycles. The maximum absolute atomic E-state index is 12.2. The van der Waals surface area contributed by atoms with E-state index in [2.05, 4.69) is 0 Å². The summed E-state index contributed by atoms with van der Waals surface area (Å²) >= 11 is 0. The van der Waals surface area contributed by atoms with E-state index in [0.29, 0.717) is 0 Å². The third kappa shape index (κ3) is 2.83. The van der Waals surface area contributed by atoms with Gasteiger partial charge in [0.1, 0.15) is 5.60 Å². The summed E-state index contributed by atoms with van der Waals surface area (Å²) < 4.78 is 0. The van der Waals surface area contributed by atoms with Crippen LogP contribution in [0.3, 0.4) is 0 Å². The van der Waals surface area contributed by atoms with E-state index >= 15 is 0 Å². The number of carbonyl (C=O) groups is 2. The second-order valence-electron chi connectivity index (χ2n) is 5.14. The summed E-state index contributed by atoms with van der Waals surface area (Å²) in [5, 5.41) is 18.8. The predicted molar refractivity (Wildman–Crippen MR) is 68.2 cm³/mol. The number of β-amino-alcohol motifs (C(OH)–C–C–N with tert-alkyl or cyclic N) is 1. The van der Waals surface area contributed by atoms with Crippen LogP contribution < -0.4 is 0 Å². The summed E-state index contributed by atoms with van der Waals surface area (Å²) in [4.78, 5) is 25.1. The molecular formula is C14H17NO4. The highest BCUT2D eigenvalue weighted by Gasteiger charge is 2.41. The lowest BCUT2D eigenvalue weighted by Gasteiger charge is -2.26. The predicted octanol–water partition coefficient (Wildman–Crippen LogP) is 0.272. The molecule has 1 aliphatic heterocycles. The van der Waals surface area contributed by atoms with E-state index in [1.165, 1.54) is 6.92 Å².